The fraction of sp³-hybridized carbons (Fsp3) is 0.296. The molecular weight excluding hydrogens is 524 g/mol. The first kappa shape index (κ1) is 28.0. The molecule has 4 aromatic rings. The molecule has 0 saturated heterocycles. The molecule has 2 aromatic carbocycles. The van der Waals surface area contributed by atoms with Crippen molar-refractivity contribution in [1.82, 2.24) is 30.0 Å². The lowest BCUT2D eigenvalue weighted by Crippen LogP contribution is -2.40. The highest BCUT2D eigenvalue weighted by Crippen LogP contribution is 2.41. The van der Waals surface area contributed by atoms with Gasteiger partial charge >= 0.3 is 0 Å². The van der Waals surface area contributed by atoms with Gasteiger partial charge in [0.15, 0.2) is 0 Å². The highest BCUT2D eigenvalue weighted by Gasteiger charge is 2.42. The molecule has 0 radical (unpaired) electrons. The average Bonchev–Trinajstić information content (AvgIpc) is 3.58. The van der Waals surface area contributed by atoms with Gasteiger partial charge in [0.05, 0.1) is 28.9 Å². The fourth-order valence-electron chi connectivity index (χ4n) is 4.09. The number of likely N-dealkylation sites (N-methyl/N-ethyl adjacent to an activating group) is 1. The van der Waals surface area contributed by atoms with E-state index in [9.17, 15) is 14.3 Å². The van der Waals surface area contributed by atoms with Crippen LogP contribution < -0.4 is 5.32 Å². The van der Waals surface area contributed by atoms with Crippen LogP contribution in [0, 0.1) is 23.0 Å². The summed E-state index contributed by atoms with van der Waals surface area (Å²) in [7, 11) is 3.75. The second-order valence-electron chi connectivity index (χ2n) is 9.33. The molecule has 4 rings (SSSR count). The van der Waals surface area contributed by atoms with Gasteiger partial charge in [0.2, 0.25) is 5.82 Å². The molecule has 0 aliphatic rings. The maximum Gasteiger partial charge on any atom is 0.288 e. The lowest BCUT2D eigenvalue weighted by Gasteiger charge is -2.34. The van der Waals surface area contributed by atoms with Gasteiger partial charge in [-0.3, -0.25) is 4.79 Å². The van der Waals surface area contributed by atoms with Gasteiger partial charge in [0.25, 0.3) is 5.91 Å². The molecule has 0 unspecified atom stereocenters. The molecule has 0 bridgehead atoms. The lowest BCUT2D eigenvalue weighted by molar-refractivity contribution is -0.0117. The molecule has 2 heterocycles. The van der Waals surface area contributed by atoms with E-state index in [4.69, 9.17) is 5.26 Å². The average molecular weight is 552 g/mol. The third-order valence-corrected chi connectivity index (χ3v) is 7.40. The highest BCUT2D eigenvalue weighted by atomic mass is 32.1. The molecule has 0 aliphatic carbocycles. The van der Waals surface area contributed by atoms with Crippen molar-refractivity contribution in [1.29, 1.82) is 5.26 Å². The van der Waals surface area contributed by atoms with Crippen LogP contribution in [0.25, 0.3) is 11.3 Å². The number of hydrogen-bond acceptors (Lipinski definition) is 8. The highest BCUT2D eigenvalue weighted by molar-refractivity contribution is 7.10. The summed E-state index contributed by atoms with van der Waals surface area (Å²) in [6.45, 7) is 2.30. The number of benzene rings is 2. The Morgan fingerprint density at radius 1 is 1.26 bits per heavy atom. The summed E-state index contributed by atoms with van der Waals surface area (Å²) < 4.78 is 30.1. The number of halogens is 2. The van der Waals surface area contributed by atoms with Gasteiger partial charge in [0, 0.05) is 41.6 Å². The number of rotatable bonds is 10. The van der Waals surface area contributed by atoms with E-state index in [0.717, 1.165) is 11.6 Å². The van der Waals surface area contributed by atoms with Crippen molar-refractivity contribution in [3.63, 3.8) is 0 Å². The largest absolute Gasteiger partial charge is 0.382 e. The standard InChI is InChI=1S/C27H27F2N7O2S/c1-17(26-34-23(14-39-26)19-6-4-18(13-30)5-7-19)27(38,21-9-8-20(28)12-22(21)29)15-36-24(32-16-33-36)25(37)31-10-11-35(2)3/h4-9,12,14,16-17,38H,10-11,15H2,1-3H3,(H,31,37)/t17-,27+/m0/s1. The van der Waals surface area contributed by atoms with Crippen LogP contribution in [-0.4, -0.2) is 62.8 Å². The van der Waals surface area contributed by atoms with E-state index in [-0.39, 0.29) is 17.9 Å². The smallest absolute Gasteiger partial charge is 0.288 e. The minimum Gasteiger partial charge on any atom is -0.382 e. The Morgan fingerprint density at radius 2 is 2.00 bits per heavy atom. The van der Waals surface area contributed by atoms with E-state index in [1.807, 2.05) is 19.0 Å². The number of nitrogens with one attached hydrogen (secondary N) is 1. The van der Waals surface area contributed by atoms with Crippen molar-refractivity contribution in [2.45, 2.75) is 25.0 Å². The predicted molar refractivity (Wildman–Crippen MR) is 142 cm³/mol. The molecule has 202 valence electrons. The lowest BCUT2D eigenvalue weighted by atomic mass is 9.82. The SMILES string of the molecule is C[C@@H](c1nc(-c2ccc(C#N)cc2)cs1)[C@](O)(Cn1ncnc1C(=O)NCCN(C)C)c1ccc(F)cc1F. The minimum absolute atomic E-state index is 0.0562. The zero-order chi connectivity index (χ0) is 28.2. The number of hydrogen-bond donors (Lipinski definition) is 2. The zero-order valence-corrected chi connectivity index (χ0v) is 22.4. The van der Waals surface area contributed by atoms with Crippen molar-refractivity contribution in [2.75, 3.05) is 27.2 Å². The van der Waals surface area contributed by atoms with E-state index in [0.29, 0.717) is 35.4 Å². The quantitative estimate of drug-likeness (QED) is 0.309. The van der Waals surface area contributed by atoms with Crippen LogP contribution in [-0.2, 0) is 12.1 Å². The molecular formula is C27H27F2N7O2S. The summed E-state index contributed by atoms with van der Waals surface area (Å²) >= 11 is 1.27. The van der Waals surface area contributed by atoms with Crippen LogP contribution in [0.1, 0.15) is 39.6 Å². The van der Waals surface area contributed by atoms with Gasteiger partial charge in [-0.15, -0.1) is 11.3 Å². The van der Waals surface area contributed by atoms with E-state index in [2.05, 4.69) is 26.5 Å². The van der Waals surface area contributed by atoms with Crippen molar-refractivity contribution in [3.8, 4) is 17.3 Å². The Balaban J connectivity index is 1.69. The first-order valence-corrected chi connectivity index (χ1v) is 12.9. The van der Waals surface area contributed by atoms with Gasteiger partial charge in [0.1, 0.15) is 23.6 Å². The van der Waals surface area contributed by atoms with E-state index in [1.54, 1.807) is 36.6 Å². The van der Waals surface area contributed by atoms with Gasteiger partial charge in [-0.2, -0.15) is 10.4 Å². The van der Waals surface area contributed by atoms with Crippen LogP contribution in [0.2, 0.25) is 0 Å². The van der Waals surface area contributed by atoms with Crippen LogP contribution in [0.4, 0.5) is 8.78 Å². The molecule has 12 heteroatoms. The van der Waals surface area contributed by atoms with E-state index < -0.39 is 29.1 Å². The van der Waals surface area contributed by atoms with Crippen molar-refractivity contribution in [2.24, 2.45) is 0 Å². The predicted octanol–water partition coefficient (Wildman–Crippen LogP) is 3.53. The second kappa shape index (κ2) is 11.8. The first-order chi connectivity index (χ1) is 18.6. The Morgan fingerprint density at radius 3 is 2.67 bits per heavy atom. The molecule has 2 N–H and O–H groups in total. The monoisotopic (exact) mass is 551 g/mol. The molecule has 2 aromatic heterocycles. The number of aliphatic hydroxyl groups is 1. The number of carbonyl (C=O) groups excluding carboxylic acids is 1. The fourth-order valence-corrected chi connectivity index (χ4v) is 5.06. The van der Waals surface area contributed by atoms with Crippen molar-refractivity contribution in [3.05, 3.63) is 87.8 Å². The van der Waals surface area contributed by atoms with Gasteiger partial charge in [-0.25, -0.2) is 23.4 Å². The molecule has 0 fully saturated rings. The first-order valence-electron chi connectivity index (χ1n) is 12.1. The van der Waals surface area contributed by atoms with Crippen LogP contribution >= 0.6 is 11.3 Å². The zero-order valence-electron chi connectivity index (χ0n) is 21.6. The molecule has 39 heavy (non-hydrogen) atoms. The summed E-state index contributed by atoms with van der Waals surface area (Å²) in [6, 6.07) is 11.9. The Hall–Kier alpha value is -4.05. The van der Waals surface area contributed by atoms with E-state index in [1.165, 1.54) is 28.4 Å². The van der Waals surface area contributed by atoms with Gasteiger partial charge in [-0.1, -0.05) is 25.1 Å². The summed E-state index contributed by atoms with van der Waals surface area (Å²) in [5.74, 6) is -3.08. The molecule has 9 nitrogen and oxygen atoms in total. The summed E-state index contributed by atoms with van der Waals surface area (Å²) in [6.07, 6.45) is 1.18. The van der Waals surface area contributed by atoms with Crippen LogP contribution in [0.3, 0.4) is 0 Å². The number of carbonyl (C=O) groups is 1. The Bertz CT molecular complexity index is 1500. The number of thiazole rings is 1. The topological polar surface area (TPSA) is 120 Å². The summed E-state index contributed by atoms with van der Waals surface area (Å²) in [4.78, 5) is 23.4. The van der Waals surface area contributed by atoms with Gasteiger partial charge in [-0.05, 0) is 32.3 Å². The maximum atomic E-state index is 15.1. The molecule has 0 spiro atoms. The number of nitriles is 1. The summed E-state index contributed by atoms with van der Waals surface area (Å²) in [5, 5.41) is 30.3. The Labute approximate surface area is 228 Å². The van der Waals surface area contributed by atoms with E-state index >= 15 is 4.39 Å². The third-order valence-electron chi connectivity index (χ3n) is 6.37. The summed E-state index contributed by atoms with van der Waals surface area (Å²) in [5.41, 5.74) is -0.244. The van der Waals surface area contributed by atoms with Crippen LogP contribution in [0.15, 0.2) is 54.2 Å². The number of aromatic nitrogens is 4. The number of nitrogens with zero attached hydrogens (tertiary/aromatic N) is 6. The van der Waals surface area contributed by atoms with Crippen molar-refractivity contribution < 1.29 is 18.7 Å². The molecule has 0 saturated carbocycles. The third kappa shape index (κ3) is 6.17. The molecule has 0 aliphatic heterocycles. The van der Waals surface area contributed by atoms with Gasteiger partial charge < -0.3 is 15.3 Å². The van der Waals surface area contributed by atoms with Crippen molar-refractivity contribution >= 4 is 17.2 Å². The molecule has 2 atom stereocenters. The normalized spacial score (nSPS) is 13.6. The van der Waals surface area contributed by atoms with Crippen LogP contribution in [0.5, 0.6) is 0 Å². The molecule has 1 amide bonds. The maximum absolute atomic E-state index is 15.1. The minimum atomic E-state index is -1.98. The Kier molecular flexibility index (Phi) is 8.44. The number of amides is 1. The second-order valence-corrected chi connectivity index (χ2v) is 10.2.